The van der Waals surface area contributed by atoms with Gasteiger partial charge in [0.2, 0.25) is 0 Å². The molecule has 0 saturated carbocycles. The van der Waals surface area contributed by atoms with E-state index in [2.05, 4.69) is 4.98 Å². The van der Waals surface area contributed by atoms with Gasteiger partial charge in [-0.25, -0.2) is 0 Å². The quantitative estimate of drug-likeness (QED) is 0.457. The van der Waals surface area contributed by atoms with Gasteiger partial charge >= 0.3 is 0 Å². The molecule has 1 aromatic heterocycles. The maximum atomic E-state index is 10.6. The van der Waals surface area contributed by atoms with Crippen LogP contribution in [0.15, 0.2) is 24.3 Å². The molecule has 4 nitrogen and oxygen atoms in total. The summed E-state index contributed by atoms with van der Waals surface area (Å²) in [6.07, 6.45) is 0. The molecule has 5 heteroatoms. The van der Waals surface area contributed by atoms with Crippen LogP contribution in [0.4, 0.5) is 5.69 Å². The molecule has 0 saturated heterocycles. The van der Waals surface area contributed by atoms with Gasteiger partial charge < -0.3 is 0 Å². The Morgan fingerprint density at radius 1 is 1.44 bits per heavy atom. The highest BCUT2D eigenvalue weighted by Gasteiger charge is 2.09. The second kappa shape index (κ2) is 4.06. The SMILES string of the molecule is Cc1cc(CCl)nc2ccc([N+](=O)[O-])cc12. The van der Waals surface area contributed by atoms with Gasteiger partial charge in [-0.15, -0.1) is 11.6 Å². The van der Waals surface area contributed by atoms with Crippen LogP contribution in [0.1, 0.15) is 11.3 Å². The van der Waals surface area contributed by atoms with E-state index in [1.165, 1.54) is 12.1 Å². The molecule has 0 aliphatic rings. The lowest BCUT2D eigenvalue weighted by molar-refractivity contribution is -0.384. The van der Waals surface area contributed by atoms with Gasteiger partial charge in [0.1, 0.15) is 0 Å². The summed E-state index contributed by atoms with van der Waals surface area (Å²) in [5, 5.41) is 11.4. The summed E-state index contributed by atoms with van der Waals surface area (Å²) in [7, 11) is 0. The maximum absolute atomic E-state index is 10.6. The largest absolute Gasteiger partial charge is 0.270 e. The number of alkyl halides is 1. The molecule has 2 aromatic rings. The lowest BCUT2D eigenvalue weighted by Crippen LogP contribution is -1.92. The van der Waals surface area contributed by atoms with Crippen LogP contribution in [0.2, 0.25) is 0 Å². The summed E-state index contributed by atoms with van der Waals surface area (Å²) >= 11 is 5.71. The number of nitro groups is 1. The van der Waals surface area contributed by atoms with E-state index in [9.17, 15) is 10.1 Å². The first kappa shape index (κ1) is 10.8. The van der Waals surface area contributed by atoms with E-state index < -0.39 is 4.92 Å². The highest BCUT2D eigenvalue weighted by Crippen LogP contribution is 2.23. The highest BCUT2D eigenvalue weighted by molar-refractivity contribution is 6.17. The maximum Gasteiger partial charge on any atom is 0.270 e. The molecular weight excluding hydrogens is 228 g/mol. The smallest absolute Gasteiger partial charge is 0.258 e. The topological polar surface area (TPSA) is 56.0 Å². The molecule has 82 valence electrons. The second-order valence-electron chi connectivity index (χ2n) is 3.52. The Kier molecular flexibility index (Phi) is 2.75. The van der Waals surface area contributed by atoms with Crippen LogP contribution in [0.25, 0.3) is 10.9 Å². The van der Waals surface area contributed by atoms with Crippen molar-refractivity contribution in [1.82, 2.24) is 4.98 Å². The monoisotopic (exact) mass is 236 g/mol. The predicted octanol–water partition coefficient (Wildman–Crippen LogP) is 3.19. The zero-order valence-corrected chi connectivity index (χ0v) is 9.36. The summed E-state index contributed by atoms with van der Waals surface area (Å²) in [5.74, 6) is 0.341. The van der Waals surface area contributed by atoms with Crippen LogP contribution >= 0.6 is 11.6 Å². The second-order valence-corrected chi connectivity index (χ2v) is 3.79. The van der Waals surface area contributed by atoms with Gasteiger partial charge in [-0.05, 0) is 24.6 Å². The normalized spacial score (nSPS) is 10.6. The van der Waals surface area contributed by atoms with Crippen molar-refractivity contribution in [2.75, 3.05) is 0 Å². The van der Waals surface area contributed by atoms with E-state index in [0.29, 0.717) is 5.88 Å². The molecule has 16 heavy (non-hydrogen) atoms. The number of rotatable bonds is 2. The standard InChI is InChI=1S/C11H9ClN2O2/c1-7-4-8(6-12)13-11-3-2-9(14(15)16)5-10(7)11/h2-5H,6H2,1H3. The average molecular weight is 237 g/mol. The summed E-state index contributed by atoms with van der Waals surface area (Å²) in [4.78, 5) is 14.5. The van der Waals surface area contributed by atoms with E-state index in [4.69, 9.17) is 11.6 Å². The minimum absolute atomic E-state index is 0.0797. The van der Waals surface area contributed by atoms with Gasteiger partial charge in [-0.1, -0.05) is 0 Å². The van der Waals surface area contributed by atoms with Crippen molar-refractivity contribution in [3.05, 3.63) is 45.6 Å². The highest BCUT2D eigenvalue weighted by atomic mass is 35.5. The van der Waals surface area contributed by atoms with E-state index in [0.717, 1.165) is 22.2 Å². The van der Waals surface area contributed by atoms with Crippen LogP contribution in [-0.2, 0) is 5.88 Å². The molecule has 0 atom stereocenters. The molecule has 0 fully saturated rings. The lowest BCUT2D eigenvalue weighted by Gasteiger charge is -2.04. The number of fused-ring (bicyclic) bond motifs is 1. The number of hydrogen-bond acceptors (Lipinski definition) is 3. The first-order valence-electron chi connectivity index (χ1n) is 4.72. The van der Waals surface area contributed by atoms with E-state index >= 15 is 0 Å². The number of nitrogens with zero attached hydrogens (tertiary/aromatic N) is 2. The molecule has 0 spiro atoms. The number of pyridine rings is 1. The van der Waals surface area contributed by atoms with Crippen LogP contribution in [0.5, 0.6) is 0 Å². The van der Waals surface area contributed by atoms with E-state index in [1.807, 2.05) is 13.0 Å². The molecule has 0 bridgehead atoms. The fourth-order valence-electron chi connectivity index (χ4n) is 1.63. The molecule has 0 amide bonds. The zero-order chi connectivity index (χ0) is 11.7. The fraction of sp³-hybridized carbons (Fsp3) is 0.182. The lowest BCUT2D eigenvalue weighted by atomic mass is 10.1. The van der Waals surface area contributed by atoms with Gasteiger partial charge in [0.05, 0.1) is 22.0 Å². The third-order valence-corrected chi connectivity index (χ3v) is 2.67. The van der Waals surface area contributed by atoms with Gasteiger partial charge in [0.15, 0.2) is 0 Å². The van der Waals surface area contributed by atoms with E-state index in [1.54, 1.807) is 6.07 Å². The molecule has 0 aliphatic carbocycles. The predicted molar refractivity (Wildman–Crippen MR) is 62.7 cm³/mol. The van der Waals surface area contributed by atoms with Crippen LogP contribution in [0, 0.1) is 17.0 Å². The van der Waals surface area contributed by atoms with Crippen molar-refractivity contribution in [3.8, 4) is 0 Å². The zero-order valence-electron chi connectivity index (χ0n) is 8.61. The van der Waals surface area contributed by atoms with Gasteiger partial charge in [-0.3, -0.25) is 15.1 Å². The van der Waals surface area contributed by atoms with Crippen molar-refractivity contribution in [2.45, 2.75) is 12.8 Å². The van der Waals surface area contributed by atoms with Crippen molar-refractivity contribution < 1.29 is 4.92 Å². The van der Waals surface area contributed by atoms with Crippen molar-refractivity contribution in [3.63, 3.8) is 0 Å². The van der Waals surface area contributed by atoms with Crippen molar-refractivity contribution >= 4 is 28.2 Å². The molecule has 0 radical (unpaired) electrons. The Bertz CT molecular complexity index is 569. The van der Waals surface area contributed by atoms with Crippen molar-refractivity contribution in [2.24, 2.45) is 0 Å². The summed E-state index contributed by atoms with van der Waals surface area (Å²) in [5.41, 5.74) is 2.54. The van der Waals surface area contributed by atoms with Crippen molar-refractivity contribution in [1.29, 1.82) is 0 Å². The third-order valence-electron chi connectivity index (χ3n) is 2.40. The average Bonchev–Trinajstić information content (AvgIpc) is 2.28. The minimum Gasteiger partial charge on any atom is -0.258 e. The summed E-state index contributed by atoms with van der Waals surface area (Å²) < 4.78 is 0. The molecular formula is C11H9ClN2O2. The Balaban J connectivity index is 2.70. The first-order valence-corrected chi connectivity index (χ1v) is 5.26. The van der Waals surface area contributed by atoms with Gasteiger partial charge in [-0.2, -0.15) is 0 Å². The van der Waals surface area contributed by atoms with Crippen LogP contribution in [0.3, 0.4) is 0 Å². The summed E-state index contributed by atoms with van der Waals surface area (Å²) in [6.45, 7) is 1.89. The minimum atomic E-state index is -0.408. The fourth-order valence-corrected chi connectivity index (χ4v) is 1.77. The number of aryl methyl sites for hydroxylation is 1. The molecule has 1 heterocycles. The molecule has 1 aromatic carbocycles. The number of hydrogen-bond donors (Lipinski definition) is 0. The van der Waals surface area contributed by atoms with E-state index in [-0.39, 0.29) is 5.69 Å². The van der Waals surface area contributed by atoms with Gasteiger partial charge in [0, 0.05) is 17.5 Å². The first-order chi connectivity index (χ1) is 7.61. The third kappa shape index (κ3) is 1.84. The Morgan fingerprint density at radius 3 is 2.81 bits per heavy atom. The molecule has 0 aliphatic heterocycles. The van der Waals surface area contributed by atoms with Crippen LogP contribution < -0.4 is 0 Å². The van der Waals surface area contributed by atoms with Gasteiger partial charge in [0.25, 0.3) is 5.69 Å². The number of benzene rings is 1. The van der Waals surface area contributed by atoms with Crippen LogP contribution in [-0.4, -0.2) is 9.91 Å². The molecule has 0 unspecified atom stereocenters. The number of aromatic nitrogens is 1. The number of nitro benzene ring substituents is 1. The number of non-ortho nitro benzene ring substituents is 1. The molecule has 0 N–H and O–H groups in total. The Hall–Kier alpha value is -1.68. The summed E-state index contributed by atoms with van der Waals surface area (Å²) in [6, 6.07) is 6.48. The number of halogens is 1. The molecule has 2 rings (SSSR count). The Morgan fingerprint density at radius 2 is 2.19 bits per heavy atom. The Labute approximate surface area is 97.0 Å².